The molecule has 0 aromatic heterocycles. The highest BCUT2D eigenvalue weighted by atomic mass is 16.2. The number of nitrogens with zero attached hydrogens (tertiary/aromatic N) is 1. The van der Waals surface area contributed by atoms with Gasteiger partial charge in [0.25, 0.3) is 0 Å². The number of rotatable bonds is 7. The minimum Gasteiger partial charge on any atom is -0.353 e. The first-order valence-electron chi connectivity index (χ1n) is 6.15. The fraction of sp³-hybridized carbons (Fsp3) is 0.917. The molecule has 0 unspecified atom stereocenters. The van der Waals surface area contributed by atoms with E-state index in [2.05, 4.69) is 10.2 Å². The molecule has 4 nitrogen and oxygen atoms in total. The Labute approximate surface area is 98.6 Å². The topological polar surface area (TPSA) is 58.4 Å². The zero-order valence-electron chi connectivity index (χ0n) is 10.8. The largest absolute Gasteiger partial charge is 0.353 e. The van der Waals surface area contributed by atoms with Crippen LogP contribution in [-0.2, 0) is 4.79 Å². The van der Waals surface area contributed by atoms with Crippen LogP contribution in [0.4, 0.5) is 0 Å². The van der Waals surface area contributed by atoms with E-state index in [1.54, 1.807) is 0 Å². The standard InChI is InChI=1S/C12H25N3O/c1-10(2)14-11(16)8-15(3)9-12(4-5-12)6-7-13/h10H,4-9,13H2,1-3H3,(H,14,16). The number of likely N-dealkylation sites (N-methyl/N-ethyl adjacent to an activating group) is 1. The van der Waals surface area contributed by atoms with Gasteiger partial charge in [0.2, 0.25) is 5.91 Å². The van der Waals surface area contributed by atoms with Gasteiger partial charge in [0.15, 0.2) is 0 Å². The van der Waals surface area contributed by atoms with Crippen LogP contribution in [0, 0.1) is 5.41 Å². The molecule has 1 aliphatic rings. The van der Waals surface area contributed by atoms with Crippen LogP contribution in [-0.4, -0.2) is 43.5 Å². The molecular formula is C12H25N3O. The first kappa shape index (κ1) is 13.5. The van der Waals surface area contributed by atoms with Crippen molar-refractivity contribution < 1.29 is 4.79 Å². The van der Waals surface area contributed by atoms with E-state index in [9.17, 15) is 4.79 Å². The molecule has 0 bridgehead atoms. The van der Waals surface area contributed by atoms with E-state index in [1.807, 2.05) is 20.9 Å². The molecule has 0 atom stereocenters. The normalized spacial score (nSPS) is 17.9. The second-order valence-corrected chi connectivity index (χ2v) is 5.43. The van der Waals surface area contributed by atoms with Gasteiger partial charge < -0.3 is 11.1 Å². The lowest BCUT2D eigenvalue weighted by Crippen LogP contribution is -2.40. The lowest BCUT2D eigenvalue weighted by Gasteiger charge is -2.23. The molecule has 0 radical (unpaired) electrons. The summed E-state index contributed by atoms with van der Waals surface area (Å²) >= 11 is 0. The minimum atomic E-state index is 0.112. The Balaban J connectivity index is 2.25. The van der Waals surface area contributed by atoms with Gasteiger partial charge in [-0.1, -0.05) is 0 Å². The molecule has 0 aromatic rings. The fourth-order valence-electron chi connectivity index (χ4n) is 2.21. The van der Waals surface area contributed by atoms with E-state index in [1.165, 1.54) is 12.8 Å². The third-order valence-corrected chi connectivity index (χ3v) is 3.10. The first-order valence-corrected chi connectivity index (χ1v) is 6.15. The first-order chi connectivity index (χ1) is 7.47. The molecule has 94 valence electrons. The van der Waals surface area contributed by atoms with Crippen LogP contribution in [0.2, 0.25) is 0 Å². The highest BCUT2D eigenvalue weighted by Gasteiger charge is 2.42. The molecule has 3 N–H and O–H groups in total. The molecular weight excluding hydrogens is 202 g/mol. The molecule has 0 aromatic carbocycles. The summed E-state index contributed by atoms with van der Waals surface area (Å²) in [6, 6.07) is 0.222. The van der Waals surface area contributed by atoms with Crippen LogP contribution in [0.25, 0.3) is 0 Å². The van der Waals surface area contributed by atoms with E-state index in [-0.39, 0.29) is 11.9 Å². The van der Waals surface area contributed by atoms with Crippen molar-refractivity contribution in [3.05, 3.63) is 0 Å². The minimum absolute atomic E-state index is 0.112. The molecule has 4 heteroatoms. The van der Waals surface area contributed by atoms with Gasteiger partial charge in [0.1, 0.15) is 0 Å². The van der Waals surface area contributed by atoms with Crippen molar-refractivity contribution in [1.82, 2.24) is 10.2 Å². The number of hydrogen-bond donors (Lipinski definition) is 2. The Morgan fingerprint density at radius 1 is 1.50 bits per heavy atom. The number of nitrogens with one attached hydrogen (secondary N) is 1. The van der Waals surface area contributed by atoms with Crippen molar-refractivity contribution in [3.8, 4) is 0 Å². The summed E-state index contributed by atoms with van der Waals surface area (Å²) in [6.07, 6.45) is 3.61. The van der Waals surface area contributed by atoms with Crippen LogP contribution in [0.5, 0.6) is 0 Å². The summed E-state index contributed by atoms with van der Waals surface area (Å²) in [4.78, 5) is 13.7. The highest BCUT2D eigenvalue weighted by molar-refractivity contribution is 5.78. The van der Waals surface area contributed by atoms with Gasteiger partial charge in [-0.25, -0.2) is 0 Å². The average molecular weight is 227 g/mol. The SMILES string of the molecule is CC(C)NC(=O)CN(C)CC1(CCN)CC1. The predicted molar refractivity (Wildman–Crippen MR) is 66.1 cm³/mol. The summed E-state index contributed by atoms with van der Waals surface area (Å²) in [5, 5.41) is 2.91. The third-order valence-electron chi connectivity index (χ3n) is 3.10. The quantitative estimate of drug-likeness (QED) is 0.668. The summed E-state index contributed by atoms with van der Waals surface area (Å²) in [5.74, 6) is 0.112. The second kappa shape index (κ2) is 5.64. The fourth-order valence-corrected chi connectivity index (χ4v) is 2.21. The van der Waals surface area contributed by atoms with Crippen molar-refractivity contribution in [3.63, 3.8) is 0 Å². The predicted octanol–water partition coefficient (Wildman–Crippen LogP) is 0.572. The number of amides is 1. The Hall–Kier alpha value is -0.610. The summed E-state index contributed by atoms with van der Waals surface area (Å²) < 4.78 is 0. The van der Waals surface area contributed by atoms with Crippen molar-refractivity contribution >= 4 is 5.91 Å². The number of carbonyl (C=O) groups excluding carboxylic acids is 1. The van der Waals surface area contributed by atoms with Gasteiger partial charge in [0.05, 0.1) is 6.54 Å². The number of hydrogen-bond acceptors (Lipinski definition) is 3. The molecule has 0 spiro atoms. The number of carbonyl (C=O) groups is 1. The van der Waals surface area contributed by atoms with Gasteiger partial charge in [-0.3, -0.25) is 9.69 Å². The molecule has 1 fully saturated rings. The monoisotopic (exact) mass is 227 g/mol. The highest BCUT2D eigenvalue weighted by Crippen LogP contribution is 2.48. The van der Waals surface area contributed by atoms with E-state index >= 15 is 0 Å². The van der Waals surface area contributed by atoms with E-state index in [4.69, 9.17) is 5.73 Å². The Morgan fingerprint density at radius 3 is 2.56 bits per heavy atom. The van der Waals surface area contributed by atoms with Gasteiger partial charge >= 0.3 is 0 Å². The molecule has 1 rings (SSSR count). The van der Waals surface area contributed by atoms with Gasteiger partial charge in [-0.05, 0) is 52.1 Å². The molecule has 0 aliphatic heterocycles. The van der Waals surface area contributed by atoms with Gasteiger partial charge in [0, 0.05) is 12.6 Å². The van der Waals surface area contributed by atoms with Crippen molar-refractivity contribution in [2.45, 2.75) is 39.2 Å². The Bertz CT molecular complexity index is 236. The molecule has 0 saturated heterocycles. The molecule has 0 heterocycles. The Kier molecular flexibility index (Phi) is 4.74. The molecule has 1 aliphatic carbocycles. The van der Waals surface area contributed by atoms with E-state index < -0.39 is 0 Å². The van der Waals surface area contributed by atoms with Crippen molar-refractivity contribution in [2.75, 3.05) is 26.7 Å². The van der Waals surface area contributed by atoms with Gasteiger partial charge in [-0.2, -0.15) is 0 Å². The number of nitrogens with two attached hydrogens (primary N) is 1. The van der Waals surface area contributed by atoms with Crippen LogP contribution >= 0.6 is 0 Å². The average Bonchev–Trinajstić information content (AvgIpc) is 2.82. The van der Waals surface area contributed by atoms with Crippen molar-refractivity contribution in [2.24, 2.45) is 11.1 Å². The summed E-state index contributed by atoms with van der Waals surface area (Å²) in [6.45, 7) is 6.20. The molecule has 16 heavy (non-hydrogen) atoms. The van der Waals surface area contributed by atoms with Gasteiger partial charge in [-0.15, -0.1) is 0 Å². The maximum Gasteiger partial charge on any atom is 0.234 e. The summed E-state index contributed by atoms with van der Waals surface area (Å²) in [5.41, 5.74) is 6.02. The lowest BCUT2D eigenvalue weighted by atomic mass is 10.0. The van der Waals surface area contributed by atoms with E-state index in [0.717, 1.165) is 19.5 Å². The smallest absolute Gasteiger partial charge is 0.234 e. The van der Waals surface area contributed by atoms with Crippen LogP contribution in [0.15, 0.2) is 0 Å². The maximum atomic E-state index is 11.6. The Morgan fingerprint density at radius 2 is 2.12 bits per heavy atom. The van der Waals surface area contributed by atoms with Crippen molar-refractivity contribution in [1.29, 1.82) is 0 Å². The maximum absolute atomic E-state index is 11.6. The molecule has 1 amide bonds. The zero-order valence-corrected chi connectivity index (χ0v) is 10.8. The van der Waals surface area contributed by atoms with E-state index in [0.29, 0.717) is 12.0 Å². The van der Waals surface area contributed by atoms with Crippen LogP contribution in [0.1, 0.15) is 33.1 Å². The second-order valence-electron chi connectivity index (χ2n) is 5.43. The zero-order chi connectivity index (χ0) is 12.2. The molecule has 1 saturated carbocycles. The lowest BCUT2D eigenvalue weighted by molar-refractivity contribution is -0.122. The third kappa shape index (κ3) is 4.49. The van der Waals surface area contributed by atoms with Crippen LogP contribution < -0.4 is 11.1 Å². The summed E-state index contributed by atoms with van der Waals surface area (Å²) in [7, 11) is 2.01. The van der Waals surface area contributed by atoms with Crippen LogP contribution in [0.3, 0.4) is 0 Å².